The van der Waals surface area contributed by atoms with Gasteiger partial charge in [0.25, 0.3) is 0 Å². The zero-order chi connectivity index (χ0) is 41.7. The summed E-state index contributed by atoms with van der Waals surface area (Å²) in [6, 6.07) is 87.1. The van der Waals surface area contributed by atoms with Crippen molar-refractivity contribution < 1.29 is 4.42 Å². The van der Waals surface area contributed by atoms with Crippen molar-refractivity contribution in [3.8, 4) is 50.2 Å². The van der Waals surface area contributed by atoms with Gasteiger partial charge in [0.1, 0.15) is 11.2 Å². The minimum absolute atomic E-state index is 0.877. The van der Waals surface area contributed by atoms with Crippen LogP contribution >= 0.6 is 0 Å². The van der Waals surface area contributed by atoms with E-state index in [0.29, 0.717) is 0 Å². The summed E-state index contributed by atoms with van der Waals surface area (Å²) in [5.41, 5.74) is 17.8. The Hall–Kier alpha value is -8.40. The van der Waals surface area contributed by atoms with Gasteiger partial charge in [-0.25, -0.2) is 0 Å². The Morgan fingerprint density at radius 3 is 1.54 bits per heavy atom. The summed E-state index contributed by atoms with van der Waals surface area (Å²) < 4.78 is 8.78. The maximum Gasteiger partial charge on any atom is 0.136 e. The summed E-state index contributed by atoms with van der Waals surface area (Å²) in [4.78, 5) is 2.43. The van der Waals surface area contributed by atoms with Crippen molar-refractivity contribution in [1.82, 2.24) is 4.57 Å². The molecule has 0 aliphatic carbocycles. The van der Waals surface area contributed by atoms with Gasteiger partial charge in [-0.3, -0.25) is 0 Å². The summed E-state index contributed by atoms with van der Waals surface area (Å²) in [5, 5.41) is 4.75. The molecule has 0 fully saturated rings. The largest absolute Gasteiger partial charge is 0.456 e. The van der Waals surface area contributed by atoms with E-state index in [1.165, 1.54) is 32.9 Å². The fraction of sp³-hybridized carbons (Fsp3) is 0. The zero-order valence-corrected chi connectivity index (χ0v) is 34.4. The highest BCUT2D eigenvalue weighted by atomic mass is 16.3. The average molecular weight is 805 g/mol. The number of aromatic nitrogens is 1. The van der Waals surface area contributed by atoms with Crippen LogP contribution in [0.5, 0.6) is 0 Å². The van der Waals surface area contributed by atoms with Crippen molar-refractivity contribution in [1.29, 1.82) is 0 Å². The molecule has 0 N–H and O–H groups in total. The first-order valence-corrected chi connectivity index (χ1v) is 21.5. The number of nitrogens with zero attached hydrogens (tertiary/aromatic N) is 2. The molecule has 12 aromatic rings. The fourth-order valence-corrected chi connectivity index (χ4v) is 9.52. The Morgan fingerprint density at radius 1 is 0.317 bits per heavy atom. The van der Waals surface area contributed by atoms with E-state index in [4.69, 9.17) is 4.42 Å². The monoisotopic (exact) mass is 804 g/mol. The highest BCUT2D eigenvalue weighted by molar-refractivity contribution is 6.14. The second-order valence-electron chi connectivity index (χ2n) is 16.1. The lowest BCUT2D eigenvalue weighted by Crippen LogP contribution is -2.12. The third-order valence-electron chi connectivity index (χ3n) is 12.4. The molecule has 12 rings (SSSR count). The molecule has 0 unspecified atom stereocenters. The topological polar surface area (TPSA) is 21.3 Å². The lowest BCUT2D eigenvalue weighted by molar-refractivity contribution is 0.669. The van der Waals surface area contributed by atoms with Gasteiger partial charge in [-0.2, -0.15) is 0 Å². The molecule has 0 amide bonds. The molecule has 3 heteroatoms. The van der Waals surface area contributed by atoms with Gasteiger partial charge in [0.15, 0.2) is 0 Å². The van der Waals surface area contributed by atoms with Crippen LogP contribution in [-0.2, 0) is 0 Å². The highest BCUT2D eigenvalue weighted by Crippen LogP contribution is 2.47. The Kier molecular flexibility index (Phi) is 8.83. The molecule has 0 radical (unpaired) electrons. The summed E-state index contributed by atoms with van der Waals surface area (Å²) in [6.45, 7) is 0. The smallest absolute Gasteiger partial charge is 0.136 e. The van der Waals surface area contributed by atoms with E-state index in [-0.39, 0.29) is 0 Å². The Balaban J connectivity index is 0.998. The Morgan fingerprint density at radius 2 is 0.810 bits per heavy atom. The second kappa shape index (κ2) is 15.3. The van der Waals surface area contributed by atoms with Crippen LogP contribution in [0.25, 0.3) is 93.9 Å². The second-order valence-corrected chi connectivity index (χ2v) is 16.1. The van der Waals surface area contributed by atoms with Crippen molar-refractivity contribution in [2.45, 2.75) is 0 Å². The summed E-state index contributed by atoms with van der Waals surface area (Å²) in [6.07, 6.45) is 0. The van der Waals surface area contributed by atoms with Crippen LogP contribution in [0.3, 0.4) is 0 Å². The summed E-state index contributed by atoms with van der Waals surface area (Å²) in [7, 11) is 0. The number of hydrogen-bond acceptors (Lipinski definition) is 2. The number of anilines is 3. The Labute approximate surface area is 366 Å². The molecule has 2 aromatic heterocycles. The van der Waals surface area contributed by atoms with E-state index in [2.05, 4.69) is 246 Å². The van der Waals surface area contributed by atoms with Crippen molar-refractivity contribution >= 4 is 60.8 Å². The normalized spacial score (nSPS) is 11.5. The van der Waals surface area contributed by atoms with Gasteiger partial charge >= 0.3 is 0 Å². The lowest BCUT2D eigenvalue weighted by Gasteiger charge is -2.30. The average Bonchev–Trinajstić information content (AvgIpc) is 3.91. The molecular formula is C60H40N2O. The first-order valence-electron chi connectivity index (χ1n) is 21.5. The van der Waals surface area contributed by atoms with E-state index in [1.807, 2.05) is 6.07 Å². The molecule has 296 valence electrons. The van der Waals surface area contributed by atoms with Crippen molar-refractivity contribution in [2.24, 2.45) is 0 Å². The van der Waals surface area contributed by atoms with Crippen LogP contribution < -0.4 is 4.90 Å². The predicted molar refractivity (Wildman–Crippen MR) is 264 cm³/mol. The van der Waals surface area contributed by atoms with Crippen LogP contribution in [0, 0.1) is 0 Å². The molecule has 63 heavy (non-hydrogen) atoms. The number of furan rings is 1. The van der Waals surface area contributed by atoms with Gasteiger partial charge in [0, 0.05) is 44.0 Å². The molecule has 0 saturated heterocycles. The molecule has 10 aromatic carbocycles. The van der Waals surface area contributed by atoms with Crippen LogP contribution in [0.2, 0.25) is 0 Å². The van der Waals surface area contributed by atoms with Crippen molar-refractivity contribution in [3.05, 3.63) is 243 Å². The van der Waals surface area contributed by atoms with E-state index in [9.17, 15) is 0 Å². The maximum atomic E-state index is 6.42. The number of hydrogen-bond donors (Lipinski definition) is 0. The number of benzene rings is 10. The van der Waals surface area contributed by atoms with Crippen LogP contribution in [-0.4, -0.2) is 4.57 Å². The molecule has 2 heterocycles. The first-order chi connectivity index (χ1) is 31.3. The molecule has 0 spiro atoms. The SMILES string of the molecule is c1ccc(-c2cccc(-c3ccccc3N(c3ccc(-c4ccc(-n5c6ccccc6c6ccccc65)cc4)cc3)c3ccccc3-c3cccc4oc5ccccc5c34)c2)cc1. The molecule has 3 nitrogen and oxygen atoms in total. The molecule has 0 aliphatic heterocycles. The van der Waals surface area contributed by atoms with Gasteiger partial charge < -0.3 is 13.9 Å². The molecular weight excluding hydrogens is 765 g/mol. The first kappa shape index (κ1) is 36.5. The van der Waals surface area contributed by atoms with Crippen LogP contribution in [0.4, 0.5) is 17.1 Å². The third-order valence-corrected chi connectivity index (χ3v) is 12.4. The van der Waals surface area contributed by atoms with Gasteiger partial charge in [-0.15, -0.1) is 0 Å². The van der Waals surface area contributed by atoms with Gasteiger partial charge in [-0.1, -0.05) is 176 Å². The molecule has 0 aliphatic rings. The van der Waals surface area contributed by atoms with Crippen molar-refractivity contribution in [2.75, 3.05) is 4.90 Å². The quantitative estimate of drug-likeness (QED) is 0.153. The molecule has 0 atom stereocenters. The van der Waals surface area contributed by atoms with E-state index < -0.39 is 0 Å². The number of fused-ring (bicyclic) bond motifs is 6. The van der Waals surface area contributed by atoms with Crippen LogP contribution in [0.15, 0.2) is 247 Å². The highest BCUT2D eigenvalue weighted by Gasteiger charge is 2.23. The lowest BCUT2D eigenvalue weighted by atomic mass is 9.95. The zero-order valence-electron chi connectivity index (χ0n) is 34.4. The van der Waals surface area contributed by atoms with Gasteiger partial charge in [0.2, 0.25) is 0 Å². The minimum atomic E-state index is 0.877. The summed E-state index contributed by atoms with van der Waals surface area (Å²) >= 11 is 0. The van der Waals surface area contributed by atoms with Crippen LogP contribution in [0.1, 0.15) is 0 Å². The van der Waals surface area contributed by atoms with Crippen molar-refractivity contribution in [3.63, 3.8) is 0 Å². The van der Waals surface area contributed by atoms with E-state index in [0.717, 1.165) is 78.1 Å². The predicted octanol–water partition coefficient (Wildman–Crippen LogP) is 16.8. The maximum absolute atomic E-state index is 6.42. The van der Waals surface area contributed by atoms with E-state index >= 15 is 0 Å². The van der Waals surface area contributed by atoms with Gasteiger partial charge in [-0.05, 0) is 100 Å². The summed E-state index contributed by atoms with van der Waals surface area (Å²) in [5.74, 6) is 0. The third kappa shape index (κ3) is 6.29. The Bertz CT molecular complexity index is 3560. The minimum Gasteiger partial charge on any atom is -0.456 e. The van der Waals surface area contributed by atoms with E-state index in [1.54, 1.807) is 0 Å². The fourth-order valence-electron chi connectivity index (χ4n) is 9.52. The standard InChI is InChI=1S/C60H40N2O/c1-2-16-41(17-3-1)44-18-14-19-45(40-44)48-20-4-9-26-54(48)61(57-29-12-7-23-51(57)52-25-15-31-59-60(52)53-24-8-13-30-58(53)63-59)46-36-32-42(33-37-46)43-34-38-47(39-35-43)62-55-27-10-5-21-49(55)50-22-6-11-28-56(50)62/h1-40H. The molecule has 0 saturated carbocycles. The number of para-hydroxylation sites is 5. The number of rotatable bonds is 8. The van der Waals surface area contributed by atoms with Gasteiger partial charge in [0.05, 0.1) is 22.4 Å². The molecule has 0 bridgehead atoms.